The van der Waals surface area contributed by atoms with Gasteiger partial charge in [-0.15, -0.1) is 0 Å². The summed E-state index contributed by atoms with van der Waals surface area (Å²) in [4.78, 5) is 13.1. The van der Waals surface area contributed by atoms with E-state index < -0.39 is 0 Å². The van der Waals surface area contributed by atoms with E-state index in [0.29, 0.717) is 11.7 Å². The number of nitrogens with one attached hydrogen (secondary N) is 1. The molecule has 1 saturated heterocycles. The molecule has 4 heteroatoms. The second-order valence-electron chi connectivity index (χ2n) is 3.17. The van der Waals surface area contributed by atoms with Crippen LogP contribution in [-0.4, -0.2) is 17.6 Å². The van der Waals surface area contributed by atoms with E-state index in [1.165, 1.54) is 0 Å². The Labute approximate surface area is 87.7 Å². The standard InChI is InChI=1S/C10H10N2OS/c1-7-4-2-3-5-8(7)12-9(13)6-11-10(12)14/h2-5H,6H2,1H3,(H,11,14). The van der Waals surface area contributed by atoms with Gasteiger partial charge in [0.25, 0.3) is 5.91 Å². The number of benzene rings is 1. The maximum Gasteiger partial charge on any atom is 0.252 e. The Morgan fingerprint density at radius 1 is 1.43 bits per heavy atom. The predicted octanol–water partition coefficient (Wildman–Crippen LogP) is 1.22. The highest BCUT2D eigenvalue weighted by Crippen LogP contribution is 2.21. The molecule has 0 aromatic heterocycles. The lowest BCUT2D eigenvalue weighted by atomic mass is 10.2. The summed E-state index contributed by atoms with van der Waals surface area (Å²) in [5.41, 5.74) is 1.92. The van der Waals surface area contributed by atoms with Gasteiger partial charge in [0.05, 0.1) is 12.2 Å². The van der Waals surface area contributed by atoms with Crippen molar-refractivity contribution in [1.29, 1.82) is 0 Å². The highest BCUT2D eigenvalue weighted by molar-refractivity contribution is 7.80. The van der Waals surface area contributed by atoms with Crippen LogP contribution in [0.1, 0.15) is 5.56 Å². The van der Waals surface area contributed by atoms with Crippen molar-refractivity contribution in [2.75, 3.05) is 11.4 Å². The molecule has 0 atom stereocenters. The van der Waals surface area contributed by atoms with Crippen LogP contribution in [0.4, 0.5) is 5.69 Å². The molecule has 14 heavy (non-hydrogen) atoms. The molecule has 3 nitrogen and oxygen atoms in total. The molecule has 72 valence electrons. The van der Waals surface area contributed by atoms with Crippen LogP contribution in [0.3, 0.4) is 0 Å². The van der Waals surface area contributed by atoms with E-state index in [1.54, 1.807) is 4.90 Å². The Balaban J connectivity index is 2.44. The smallest absolute Gasteiger partial charge is 0.252 e. The van der Waals surface area contributed by atoms with E-state index in [0.717, 1.165) is 11.3 Å². The van der Waals surface area contributed by atoms with Crippen molar-refractivity contribution < 1.29 is 4.79 Å². The zero-order chi connectivity index (χ0) is 10.1. The summed E-state index contributed by atoms with van der Waals surface area (Å²) >= 11 is 5.05. The summed E-state index contributed by atoms with van der Waals surface area (Å²) in [6.45, 7) is 2.26. The zero-order valence-corrected chi connectivity index (χ0v) is 8.60. The first-order valence-electron chi connectivity index (χ1n) is 4.36. The summed E-state index contributed by atoms with van der Waals surface area (Å²) in [7, 11) is 0. The second-order valence-corrected chi connectivity index (χ2v) is 3.56. The third kappa shape index (κ3) is 1.37. The molecule has 1 heterocycles. The first kappa shape index (κ1) is 9.15. The largest absolute Gasteiger partial charge is 0.353 e. The fourth-order valence-corrected chi connectivity index (χ4v) is 1.75. The van der Waals surface area contributed by atoms with Gasteiger partial charge in [0.1, 0.15) is 0 Å². The molecule has 0 bridgehead atoms. The van der Waals surface area contributed by atoms with Crippen LogP contribution in [0.15, 0.2) is 24.3 Å². The summed E-state index contributed by atoms with van der Waals surface area (Å²) < 4.78 is 0. The number of carbonyl (C=O) groups is 1. The Morgan fingerprint density at radius 3 is 2.71 bits per heavy atom. The minimum Gasteiger partial charge on any atom is -0.353 e. The maximum absolute atomic E-state index is 11.5. The van der Waals surface area contributed by atoms with Gasteiger partial charge < -0.3 is 5.32 Å². The molecule has 1 fully saturated rings. The summed E-state index contributed by atoms with van der Waals surface area (Å²) in [6, 6.07) is 7.70. The average molecular weight is 206 g/mol. The van der Waals surface area contributed by atoms with Gasteiger partial charge in [0.2, 0.25) is 0 Å². The number of amides is 1. The monoisotopic (exact) mass is 206 g/mol. The number of thiocarbonyl (C=S) groups is 1. The molecule has 2 rings (SSSR count). The number of nitrogens with zero attached hydrogens (tertiary/aromatic N) is 1. The van der Waals surface area contributed by atoms with Crippen LogP contribution < -0.4 is 10.2 Å². The van der Waals surface area contributed by atoms with Crippen molar-refractivity contribution in [3.8, 4) is 0 Å². The Morgan fingerprint density at radius 2 is 2.14 bits per heavy atom. The predicted molar refractivity (Wildman–Crippen MR) is 59.3 cm³/mol. The van der Waals surface area contributed by atoms with E-state index in [1.807, 2.05) is 31.2 Å². The molecular formula is C10H10N2OS. The number of para-hydroxylation sites is 1. The van der Waals surface area contributed by atoms with Crippen molar-refractivity contribution in [3.05, 3.63) is 29.8 Å². The van der Waals surface area contributed by atoms with Gasteiger partial charge in [-0.1, -0.05) is 18.2 Å². The molecule has 0 saturated carbocycles. The highest BCUT2D eigenvalue weighted by Gasteiger charge is 2.27. The number of hydrogen-bond donors (Lipinski definition) is 1. The van der Waals surface area contributed by atoms with E-state index in [4.69, 9.17) is 12.2 Å². The van der Waals surface area contributed by atoms with Gasteiger partial charge in [0.15, 0.2) is 5.11 Å². The number of aryl methyl sites for hydroxylation is 1. The van der Waals surface area contributed by atoms with Gasteiger partial charge in [-0.3, -0.25) is 9.69 Å². The normalized spacial score (nSPS) is 15.9. The van der Waals surface area contributed by atoms with Gasteiger partial charge in [0, 0.05) is 0 Å². The van der Waals surface area contributed by atoms with E-state index in [2.05, 4.69) is 5.32 Å². The van der Waals surface area contributed by atoms with Gasteiger partial charge >= 0.3 is 0 Å². The first-order valence-corrected chi connectivity index (χ1v) is 4.77. The Bertz CT molecular complexity index is 387. The molecule has 0 spiro atoms. The molecule has 1 aliphatic heterocycles. The quantitative estimate of drug-likeness (QED) is 0.701. The van der Waals surface area contributed by atoms with Gasteiger partial charge in [-0.05, 0) is 30.8 Å². The van der Waals surface area contributed by atoms with E-state index in [-0.39, 0.29) is 5.91 Å². The van der Waals surface area contributed by atoms with E-state index in [9.17, 15) is 4.79 Å². The Hall–Kier alpha value is -1.42. The molecule has 1 N–H and O–H groups in total. The molecule has 1 aromatic rings. The van der Waals surface area contributed by atoms with Crippen molar-refractivity contribution in [2.24, 2.45) is 0 Å². The molecule has 0 unspecified atom stereocenters. The SMILES string of the molecule is Cc1ccccc1N1C(=O)CNC1=S. The lowest BCUT2D eigenvalue weighted by molar-refractivity contribution is -0.115. The van der Waals surface area contributed by atoms with Crippen LogP contribution in [0.2, 0.25) is 0 Å². The number of carbonyl (C=O) groups excluding carboxylic acids is 1. The van der Waals surface area contributed by atoms with Crippen LogP contribution in [0.5, 0.6) is 0 Å². The lowest BCUT2D eigenvalue weighted by Crippen LogP contribution is -2.30. The summed E-state index contributed by atoms with van der Waals surface area (Å²) in [5.74, 6) is 0.00398. The minimum atomic E-state index is 0.00398. The number of anilines is 1. The third-order valence-corrected chi connectivity index (χ3v) is 2.53. The van der Waals surface area contributed by atoms with Crippen molar-refractivity contribution in [2.45, 2.75) is 6.92 Å². The summed E-state index contributed by atoms with van der Waals surface area (Å²) in [6.07, 6.45) is 0. The lowest BCUT2D eigenvalue weighted by Gasteiger charge is -2.16. The van der Waals surface area contributed by atoms with Crippen LogP contribution in [0.25, 0.3) is 0 Å². The minimum absolute atomic E-state index is 0.00398. The summed E-state index contributed by atoms with van der Waals surface area (Å²) in [5, 5.41) is 3.34. The maximum atomic E-state index is 11.5. The van der Waals surface area contributed by atoms with E-state index >= 15 is 0 Å². The average Bonchev–Trinajstić information content (AvgIpc) is 2.48. The molecule has 1 amide bonds. The number of hydrogen-bond acceptors (Lipinski definition) is 2. The van der Waals surface area contributed by atoms with Crippen molar-refractivity contribution in [1.82, 2.24) is 5.32 Å². The van der Waals surface area contributed by atoms with Crippen molar-refractivity contribution >= 4 is 28.9 Å². The molecular weight excluding hydrogens is 196 g/mol. The third-order valence-electron chi connectivity index (χ3n) is 2.20. The van der Waals surface area contributed by atoms with Crippen LogP contribution in [0, 0.1) is 6.92 Å². The topological polar surface area (TPSA) is 32.3 Å². The second kappa shape index (κ2) is 3.38. The fourth-order valence-electron chi connectivity index (χ4n) is 1.48. The zero-order valence-electron chi connectivity index (χ0n) is 7.78. The van der Waals surface area contributed by atoms with Crippen molar-refractivity contribution in [3.63, 3.8) is 0 Å². The van der Waals surface area contributed by atoms with Crippen LogP contribution in [-0.2, 0) is 4.79 Å². The molecule has 1 aliphatic rings. The Kier molecular flexibility index (Phi) is 2.21. The van der Waals surface area contributed by atoms with Gasteiger partial charge in [-0.2, -0.15) is 0 Å². The molecule has 1 aromatic carbocycles. The van der Waals surface area contributed by atoms with Crippen LogP contribution >= 0.6 is 12.2 Å². The highest BCUT2D eigenvalue weighted by atomic mass is 32.1. The molecule has 0 aliphatic carbocycles. The first-order chi connectivity index (χ1) is 6.70. The van der Waals surface area contributed by atoms with Gasteiger partial charge in [-0.25, -0.2) is 0 Å². The number of rotatable bonds is 1. The fraction of sp³-hybridized carbons (Fsp3) is 0.200. The molecule has 0 radical (unpaired) electrons.